The van der Waals surface area contributed by atoms with E-state index in [1.54, 1.807) is 0 Å². The molecule has 0 bridgehead atoms. The third kappa shape index (κ3) is 6.55. The predicted molar refractivity (Wildman–Crippen MR) is 73.6 cm³/mol. The summed E-state index contributed by atoms with van der Waals surface area (Å²) in [5.74, 6) is -1.40. The first-order chi connectivity index (χ1) is 10.3. The van der Waals surface area contributed by atoms with E-state index in [4.69, 9.17) is 0 Å². The van der Waals surface area contributed by atoms with Crippen LogP contribution in [0.15, 0.2) is 29.5 Å². The number of amides is 1. The van der Waals surface area contributed by atoms with Crippen LogP contribution in [0.4, 0.5) is 13.2 Å². The van der Waals surface area contributed by atoms with Gasteiger partial charge in [-0.05, 0) is 18.9 Å². The summed E-state index contributed by atoms with van der Waals surface area (Å²) in [6.45, 7) is 7.05. The zero-order chi connectivity index (χ0) is 16.6. The van der Waals surface area contributed by atoms with Gasteiger partial charge < -0.3 is 9.84 Å². The smallest absolute Gasteiger partial charge is 0.329 e. The van der Waals surface area contributed by atoms with Gasteiger partial charge in [-0.1, -0.05) is 31.2 Å². The Kier molecular flexibility index (Phi) is 6.81. The fraction of sp³-hybridized carbons (Fsp3) is 0.500. The Labute approximate surface area is 126 Å². The topological polar surface area (TPSA) is 68.0 Å². The number of carbonyl (C=O) groups is 1. The number of allylic oxidation sites excluding steroid dienone is 1. The van der Waals surface area contributed by atoms with Crippen molar-refractivity contribution in [1.29, 1.82) is 0 Å². The van der Waals surface area contributed by atoms with Gasteiger partial charge >= 0.3 is 12.1 Å². The maximum atomic E-state index is 12.2. The number of alkyl halides is 3. The zero-order valence-electron chi connectivity index (χ0n) is 12.1. The summed E-state index contributed by atoms with van der Waals surface area (Å²) in [5.41, 5.74) is 0.461. The standard InChI is InChI=1S/C14H18F3N3O2/c1-3-10(2)18-12(21)9-7-5-4-6-8-11-19-13(22-20-11)14(15,16)17/h3H,1-2,4-9H2,(H,18,21). The lowest BCUT2D eigenvalue weighted by molar-refractivity contribution is -0.159. The molecule has 0 fully saturated rings. The number of aryl methyl sites for hydroxylation is 1. The van der Waals surface area contributed by atoms with E-state index in [2.05, 4.69) is 33.1 Å². The molecule has 0 aliphatic rings. The number of halogens is 3. The number of nitrogens with zero attached hydrogens (tertiary/aromatic N) is 2. The minimum Gasteiger partial charge on any atom is -0.329 e. The first-order valence-electron chi connectivity index (χ1n) is 6.84. The number of hydrogen-bond acceptors (Lipinski definition) is 4. The molecule has 1 aromatic heterocycles. The number of unbranched alkanes of at least 4 members (excludes halogenated alkanes) is 3. The first kappa shape index (κ1) is 17.9. The van der Waals surface area contributed by atoms with E-state index in [0.717, 1.165) is 12.8 Å². The highest BCUT2D eigenvalue weighted by molar-refractivity contribution is 5.78. The Morgan fingerprint density at radius 3 is 2.55 bits per heavy atom. The third-order valence-corrected chi connectivity index (χ3v) is 2.81. The Morgan fingerprint density at radius 2 is 1.95 bits per heavy atom. The van der Waals surface area contributed by atoms with Crippen LogP contribution < -0.4 is 5.32 Å². The molecule has 0 aromatic carbocycles. The van der Waals surface area contributed by atoms with Gasteiger partial charge in [0.1, 0.15) is 0 Å². The largest absolute Gasteiger partial charge is 0.471 e. The summed E-state index contributed by atoms with van der Waals surface area (Å²) >= 11 is 0. The van der Waals surface area contributed by atoms with Crippen LogP contribution in [0.2, 0.25) is 0 Å². The summed E-state index contributed by atoms with van der Waals surface area (Å²) in [4.78, 5) is 14.7. The average molecular weight is 317 g/mol. The number of carbonyl (C=O) groups excluding carboxylic acids is 1. The van der Waals surface area contributed by atoms with Gasteiger partial charge in [-0.15, -0.1) is 0 Å². The molecule has 1 aromatic rings. The normalized spacial score (nSPS) is 11.2. The van der Waals surface area contributed by atoms with Crippen LogP contribution >= 0.6 is 0 Å². The zero-order valence-corrected chi connectivity index (χ0v) is 12.1. The van der Waals surface area contributed by atoms with E-state index in [0.29, 0.717) is 31.4 Å². The van der Waals surface area contributed by atoms with E-state index in [1.165, 1.54) is 6.08 Å². The van der Waals surface area contributed by atoms with Crippen molar-refractivity contribution < 1.29 is 22.5 Å². The molecule has 122 valence electrons. The minimum absolute atomic E-state index is 0.0485. The van der Waals surface area contributed by atoms with Crippen LogP contribution in [0.5, 0.6) is 0 Å². The van der Waals surface area contributed by atoms with Gasteiger partial charge in [0.05, 0.1) is 0 Å². The summed E-state index contributed by atoms with van der Waals surface area (Å²) in [6, 6.07) is 0. The van der Waals surface area contributed by atoms with Crippen molar-refractivity contribution in [2.45, 2.75) is 44.7 Å². The van der Waals surface area contributed by atoms with E-state index >= 15 is 0 Å². The average Bonchev–Trinajstić information content (AvgIpc) is 2.91. The SMILES string of the molecule is C=CC(=C)NC(=O)CCCCCCc1noc(C(F)(F)F)n1. The molecule has 0 atom stereocenters. The molecule has 22 heavy (non-hydrogen) atoms. The molecule has 1 N–H and O–H groups in total. The lowest BCUT2D eigenvalue weighted by Gasteiger charge is -2.03. The molecule has 1 amide bonds. The lowest BCUT2D eigenvalue weighted by atomic mass is 10.1. The van der Waals surface area contributed by atoms with Crippen molar-refractivity contribution in [1.82, 2.24) is 15.5 Å². The molecule has 0 radical (unpaired) electrons. The van der Waals surface area contributed by atoms with Gasteiger partial charge in [0.2, 0.25) is 5.91 Å². The van der Waals surface area contributed by atoms with Crippen molar-refractivity contribution in [2.24, 2.45) is 0 Å². The van der Waals surface area contributed by atoms with Gasteiger partial charge in [0, 0.05) is 18.5 Å². The number of aromatic nitrogens is 2. The Balaban J connectivity index is 2.13. The van der Waals surface area contributed by atoms with Crippen LogP contribution in [0.25, 0.3) is 0 Å². The van der Waals surface area contributed by atoms with Gasteiger partial charge in [-0.25, -0.2) is 0 Å². The molecule has 0 spiro atoms. The Morgan fingerprint density at radius 1 is 1.27 bits per heavy atom. The fourth-order valence-electron chi connectivity index (χ4n) is 1.69. The maximum absolute atomic E-state index is 12.2. The Hall–Kier alpha value is -2.12. The number of rotatable bonds is 9. The summed E-state index contributed by atoms with van der Waals surface area (Å²) in [5, 5.41) is 5.85. The monoisotopic (exact) mass is 317 g/mol. The van der Waals surface area contributed by atoms with E-state index in [-0.39, 0.29) is 11.7 Å². The molecule has 1 heterocycles. The van der Waals surface area contributed by atoms with Crippen molar-refractivity contribution in [3.8, 4) is 0 Å². The summed E-state index contributed by atoms with van der Waals surface area (Å²) in [7, 11) is 0. The van der Waals surface area contributed by atoms with Crippen LogP contribution in [0.1, 0.15) is 43.8 Å². The summed E-state index contributed by atoms with van der Waals surface area (Å²) in [6.07, 6.45) is 0.427. The van der Waals surface area contributed by atoms with Gasteiger partial charge in [0.25, 0.3) is 0 Å². The number of nitrogens with one attached hydrogen (secondary N) is 1. The van der Waals surface area contributed by atoms with Crippen molar-refractivity contribution >= 4 is 5.91 Å². The van der Waals surface area contributed by atoms with Gasteiger partial charge in [-0.2, -0.15) is 18.2 Å². The lowest BCUT2D eigenvalue weighted by Crippen LogP contribution is -2.20. The molecule has 8 heteroatoms. The third-order valence-electron chi connectivity index (χ3n) is 2.81. The molecule has 5 nitrogen and oxygen atoms in total. The molecular weight excluding hydrogens is 299 g/mol. The minimum atomic E-state index is -4.60. The highest BCUT2D eigenvalue weighted by atomic mass is 19.4. The highest BCUT2D eigenvalue weighted by Crippen LogP contribution is 2.27. The van der Waals surface area contributed by atoms with Crippen molar-refractivity contribution in [2.75, 3.05) is 0 Å². The molecule has 1 rings (SSSR count). The van der Waals surface area contributed by atoms with Crippen LogP contribution in [0.3, 0.4) is 0 Å². The predicted octanol–water partition coefficient (Wildman–Crippen LogP) is 3.40. The van der Waals surface area contributed by atoms with Crippen LogP contribution in [-0.4, -0.2) is 16.0 Å². The molecule has 0 saturated heterocycles. The molecule has 0 unspecified atom stereocenters. The summed E-state index contributed by atoms with van der Waals surface area (Å²) < 4.78 is 40.8. The quantitative estimate of drug-likeness (QED) is 0.560. The Bertz CT molecular complexity index is 524. The van der Waals surface area contributed by atoms with Crippen LogP contribution in [-0.2, 0) is 17.4 Å². The van der Waals surface area contributed by atoms with Crippen molar-refractivity contribution in [3.05, 3.63) is 36.6 Å². The van der Waals surface area contributed by atoms with Crippen LogP contribution in [0, 0.1) is 0 Å². The van der Waals surface area contributed by atoms with Crippen molar-refractivity contribution in [3.63, 3.8) is 0 Å². The molecule has 0 aliphatic heterocycles. The fourth-order valence-corrected chi connectivity index (χ4v) is 1.69. The maximum Gasteiger partial charge on any atom is 0.471 e. The van der Waals surface area contributed by atoms with Gasteiger partial charge in [0.15, 0.2) is 5.82 Å². The molecular formula is C14H18F3N3O2. The first-order valence-corrected chi connectivity index (χ1v) is 6.84. The van der Waals surface area contributed by atoms with E-state index in [1.807, 2.05) is 0 Å². The molecule has 0 aliphatic carbocycles. The second kappa shape index (κ2) is 8.35. The van der Waals surface area contributed by atoms with E-state index in [9.17, 15) is 18.0 Å². The molecule has 0 saturated carbocycles. The second-order valence-corrected chi connectivity index (χ2v) is 4.71. The second-order valence-electron chi connectivity index (χ2n) is 4.71. The number of hydrogen-bond donors (Lipinski definition) is 1. The van der Waals surface area contributed by atoms with Gasteiger partial charge in [-0.3, -0.25) is 4.79 Å². The van der Waals surface area contributed by atoms with E-state index < -0.39 is 12.1 Å². The highest BCUT2D eigenvalue weighted by Gasteiger charge is 2.38.